The molecule has 1 N–H and O–H groups in total. The molecular weight excluding hydrogens is 326 g/mol. The number of hydrogen-bond acceptors (Lipinski definition) is 4. The van der Waals surface area contributed by atoms with E-state index in [1.54, 1.807) is 62.6 Å². The molecule has 0 amide bonds. The Balaban J connectivity index is 2.18. The summed E-state index contributed by atoms with van der Waals surface area (Å²) in [4.78, 5) is 0.178. The second-order valence-corrected chi connectivity index (χ2v) is 7.17. The van der Waals surface area contributed by atoms with Crippen molar-refractivity contribution in [3.05, 3.63) is 66.2 Å². The van der Waals surface area contributed by atoms with Crippen LogP contribution in [0.2, 0.25) is 0 Å². The fraction of sp³-hybridized carbons (Fsp3) is 0.222. The molecule has 0 aliphatic carbocycles. The van der Waals surface area contributed by atoms with Crippen LogP contribution in [0.5, 0.6) is 11.5 Å². The van der Waals surface area contributed by atoms with Crippen molar-refractivity contribution in [1.82, 2.24) is 4.72 Å². The van der Waals surface area contributed by atoms with Crippen LogP contribution >= 0.6 is 0 Å². The van der Waals surface area contributed by atoms with Gasteiger partial charge in [0.15, 0.2) is 6.23 Å². The van der Waals surface area contributed by atoms with E-state index in [1.807, 2.05) is 6.92 Å². The van der Waals surface area contributed by atoms with Crippen LogP contribution in [0, 0.1) is 6.92 Å². The zero-order valence-corrected chi connectivity index (χ0v) is 14.8. The van der Waals surface area contributed by atoms with E-state index < -0.39 is 16.3 Å². The standard InChI is InChI=1S/C18H21NO4S/c1-13(2)18(23-16-9-7-15(22-4)8-10-16)19-24(20,21)17-11-5-14(3)6-12-17/h5-12,18-19H,1H2,2-4H3/t18-/m0/s1. The molecule has 1 atom stereocenters. The Morgan fingerprint density at radius 3 is 2.08 bits per heavy atom. The van der Waals surface area contributed by atoms with Gasteiger partial charge in [0.1, 0.15) is 11.5 Å². The average Bonchev–Trinajstić information content (AvgIpc) is 2.55. The lowest BCUT2D eigenvalue weighted by atomic mass is 10.2. The number of ether oxygens (including phenoxy) is 2. The van der Waals surface area contributed by atoms with Gasteiger partial charge in [-0.1, -0.05) is 24.3 Å². The molecule has 0 aliphatic rings. The van der Waals surface area contributed by atoms with E-state index in [4.69, 9.17) is 9.47 Å². The van der Waals surface area contributed by atoms with E-state index in [1.165, 1.54) is 0 Å². The molecule has 0 bridgehead atoms. The van der Waals surface area contributed by atoms with E-state index in [0.717, 1.165) is 5.56 Å². The highest BCUT2D eigenvalue weighted by Crippen LogP contribution is 2.20. The van der Waals surface area contributed by atoms with E-state index >= 15 is 0 Å². The van der Waals surface area contributed by atoms with E-state index in [0.29, 0.717) is 17.1 Å². The van der Waals surface area contributed by atoms with Gasteiger partial charge in [0, 0.05) is 0 Å². The van der Waals surface area contributed by atoms with Crippen LogP contribution < -0.4 is 14.2 Å². The summed E-state index contributed by atoms with van der Waals surface area (Å²) in [6, 6.07) is 13.5. The topological polar surface area (TPSA) is 64.6 Å². The Morgan fingerprint density at radius 1 is 1.04 bits per heavy atom. The average molecular weight is 347 g/mol. The molecule has 6 heteroatoms. The molecule has 0 spiro atoms. The second-order valence-electron chi connectivity index (χ2n) is 5.45. The summed E-state index contributed by atoms with van der Waals surface area (Å²) in [6.45, 7) is 7.40. The minimum atomic E-state index is -3.71. The van der Waals surface area contributed by atoms with Gasteiger partial charge in [-0.3, -0.25) is 0 Å². The molecule has 2 rings (SSSR count). The lowest BCUT2D eigenvalue weighted by molar-refractivity contribution is 0.226. The molecule has 0 saturated heterocycles. The molecule has 24 heavy (non-hydrogen) atoms. The molecule has 0 unspecified atom stereocenters. The molecule has 0 radical (unpaired) electrons. The van der Waals surface area contributed by atoms with Crippen LogP contribution in [0.15, 0.2) is 65.6 Å². The van der Waals surface area contributed by atoms with Crippen molar-refractivity contribution in [2.24, 2.45) is 0 Å². The summed E-state index contributed by atoms with van der Waals surface area (Å²) in [6.07, 6.45) is -0.871. The van der Waals surface area contributed by atoms with Gasteiger partial charge in [-0.05, 0) is 55.8 Å². The molecule has 0 fully saturated rings. The summed E-state index contributed by atoms with van der Waals surface area (Å²) in [5, 5.41) is 0. The van der Waals surface area contributed by atoms with Gasteiger partial charge < -0.3 is 9.47 Å². The molecule has 128 valence electrons. The zero-order chi connectivity index (χ0) is 17.7. The highest BCUT2D eigenvalue weighted by Gasteiger charge is 2.22. The minimum Gasteiger partial charge on any atom is -0.497 e. The SMILES string of the molecule is C=C(C)[C@@H](NS(=O)(=O)c1ccc(C)cc1)Oc1ccc(OC)cc1. The predicted octanol–water partition coefficient (Wildman–Crippen LogP) is 3.26. The Morgan fingerprint density at radius 2 is 1.58 bits per heavy atom. The van der Waals surface area contributed by atoms with Gasteiger partial charge in [-0.2, -0.15) is 4.72 Å². The first kappa shape index (κ1) is 18.0. The lowest BCUT2D eigenvalue weighted by Gasteiger charge is -2.21. The summed E-state index contributed by atoms with van der Waals surface area (Å²) in [5.41, 5.74) is 1.53. The van der Waals surface area contributed by atoms with Crippen LogP contribution in [0.1, 0.15) is 12.5 Å². The van der Waals surface area contributed by atoms with Gasteiger partial charge in [0.05, 0.1) is 12.0 Å². The maximum atomic E-state index is 12.5. The number of hydrogen-bond donors (Lipinski definition) is 1. The maximum absolute atomic E-state index is 12.5. The predicted molar refractivity (Wildman–Crippen MR) is 93.7 cm³/mol. The normalized spacial score (nSPS) is 12.5. The number of sulfonamides is 1. The van der Waals surface area contributed by atoms with Crippen molar-refractivity contribution in [1.29, 1.82) is 0 Å². The number of methoxy groups -OCH3 is 1. The van der Waals surface area contributed by atoms with Gasteiger partial charge in [-0.25, -0.2) is 8.42 Å². The number of benzene rings is 2. The molecule has 5 nitrogen and oxygen atoms in total. The molecule has 0 aliphatic heterocycles. The molecule has 0 heterocycles. The summed E-state index contributed by atoms with van der Waals surface area (Å²) >= 11 is 0. The van der Waals surface area contributed by atoms with Gasteiger partial charge in [-0.15, -0.1) is 0 Å². The largest absolute Gasteiger partial charge is 0.497 e. The maximum Gasteiger partial charge on any atom is 0.243 e. The fourth-order valence-corrected chi connectivity index (χ4v) is 3.10. The van der Waals surface area contributed by atoms with Crippen LogP contribution in [0.3, 0.4) is 0 Å². The van der Waals surface area contributed by atoms with Crippen molar-refractivity contribution >= 4 is 10.0 Å². The number of nitrogens with one attached hydrogen (secondary N) is 1. The third-order valence-electron chi connectivity index (χ3n) is 3.35. The van der Waals surface area contributed by atoms with E-state index in [2.05, 4.69) is 11.3 Å². The highest BCUT2D eigenvalue weighted by molar-refractivity contribution is 7.89. The van der Waals surface area contributed by atoms with Crippen LogP contribution in [-0.2, 0) is 10.0 Å². The van der Waals surface area contributed by atoms with Crippen molar-refractivity contribution in [3.63, 3.8) is 0 Å². The fourth-order valence-electron chi connectivity index (χ4n) is 1.94. The van der Waals surface area contributed by atoms with E-state index in [9.17, 15) is 8.42 Å². The monoisotopic (exact) mass is 347 g/mol. The highest BCUT2D eigenvalue weighted by atomic mass is 32.2. The second kappa shape index (κ2) is 7.51. The minimum absolute atomic E-state index is 0.178. The van der Waals surface area contributed by atoms with Gasteiger partial charge >= 0.3 is 0 Å². The first-order valence-electron chi connectivity index (χ1n) is 7.37. The molecular formula is C18H21NO4S. The molecule has 0 saturated carbocycles. The Labute approximate surface area is 143 Å². The first-order valence-corrected chi connectivity index (χ1v) is 8.85. The summed E-state index contributed by atoms with van der Waals surface area (Å²) in [7, 11) is -2.14. The zero-order valence-electron chi connectivity index (χ0n) is 13.9. The van der Waals surface area contributed by atoms with Gasteiger partial charge in [0.25, 0.3) is 0 Å². The summed E-state index contributed by atoms with van der Waals surface area (Å²) in [5.74, 6) is 1.20. The van der Waals surface area contributed by atoms with Crippen LogP contribution in [0.4, 0.5) is 0 Å². The van der Waals surface area contributed by atoms with Crippen molar-refractivity contribution in [2.45, 2.75) is 25.0 Å². The Bertz CT molecular complexity index is 796. The molecule has 2 aromatic rings. The summed E-state index contributed by atoms with van der Waals surface area (Å²) < 4.78 is 38.3. The third-order valence-corrected chi connectivity index (χ3v) is 4.77. The van der Waals surface area contributed by atoms with Gasteiger partial charge in [0.2, 0.25) is 10.0 Å². The van der Waals surface area contributed by atoms with Crippen molar-refractivity contribution in [2.75, 3.05) is 7.11 Å². The molecule has 0 aromatic heterocycles. The van der Waals surface area contributed by atoms with E-state index in [-0.39, 0.29) is 4.90 Å². The van der Waals surface area contributed by atoms with Crippen molar-refractivity contribution in [3.8, 4) is 11.5 Å². The molecule has 2 aromatic carbocycles. The first-order chi connectivity index (χ1) is 11.3. The smallest absolute Gasteiger partial charge is 0.243 e. The third kappa shape index (κ3) is 4.59. The van der Waals surface area contributed by atoms with Crippen LogP contribution in [0.25, 0.3) is 0 Å². The lowest BCUT2D eigenvalue weighted by Crippen LogP contribution is -2.39. The Kier molecular flexibility index (Phi) is 5.64. The number of aryl methyl sites for hydroxylation is 1. The Hall–Kier alpha value is -2.31. The number of rotatable bonds is 7. The van der Waals surface area contributed by atoms with Crippen molar-refractivity contribution < 1.29 is 17.9 Å². The van der Waals surface area contributed by atoms with Crippen LogP contribution in [-0.4, -0.2) is 21.8 Å². The quantitative estimate of drug-likeness (QED) is 0.617.